The molecule has 1 aliphatic heterocycles. The monoisotopic (exact) mass is 566 g/mol. The molecule has 8 nitrogen and oxygen atoms in total. The predicted molar refractivity (Wildman–Crippen MR) is 148 cm³/mol. The van der Waals surface area contributed by atoms with Crippen LogP contribution in [-0.2, 0) is 4.79 Å². The van der Waals surface area contributed by atoms with E-state index in [0.717, 1.165) is 25.7 Å². The van der Waals surface area contributed by atoms with Crippen LogP contribution in [0.3, 0.4) is 0 Å². The third-order valence-electron chi connectivity index (χ3n) is 6.93. The number of carbonyl (C=O) groups excluding carboxylic acids is 2. The van der Waals surface area contributed by atoms with Crippen molar-refractivity contribution in [2.75, 3.05) is 17.2 Å². The van der Waals surface area contributed by atoms with E-state index in [4.69, 9.17) is 4.74 Å². The first-order valence-corrected chi connectivity index (χ1v) is 13.4. The molecule has 1 atom stereocenters. The average molecular weight is 567 g/mol. The number of hydrazone groups is 1. The maximum absolute atomic E-state index is 13.1. The van der Waals surface area contributed by atoms with Crippen LogP contribution in [0.5, 0.6) is 11.5 Å². The van der Waals surface area contributed by atoms with Crippen LogP contribution in [0.15, 0.2) is 71.8 Å². The fourth-order valence-electron chi connectivity index (χ4n) is 4.52. The van der Waals surface area contributed by atoms with Crippen molar-refractivity contribution in [2.45, 2.75) is 50.9 Å². The summed E-state index contributed by atoms with van der Waals surface area (Å²) in [5.74, 6) is -0.806. The first-order valence-electron chi connectivity index (χ1n) is 13.4. The molecule has 2 amide bonds. The highest BCUT2D eigenvalue weighted by Gasteiger charge is 2.30. The lowest BCUT2D eigenvalue weighted by Crippen LogP contribution is -2.36. The van der Waals surface area contributed by atoms with Crippen LogP contribution < -0.4 is 20.1 Å². The molecule has 0 bridgehead atoms. The Bertz CT molecular complexity index is 1400. The summed E-state index contributed by atoms with van der Waals surface area (Å²) in [6.45, 7) is -2.38. The van der Waals surface area contributed by atoms with Crippen molar-refractivity contribution in [3.63, 3.8) is 0 Å². The van der Waals surface area contributed by atoms with E-state index in [0.29, 0.717) is 35.5 Å². The minimum atomic E-state index is -2.96. The molecule has 0 radical (unpaired) electrons. The minimum Gasteiger partial charge on any atom is -0.487 e. The van der Waals surface area contributed by atoms with Gasteiger partial charge in [0.2, 0.25) is 5.91 Å². The van der Waals surface area contributed by atoms with Gasteiger partial charge in [0.15, 0.2) is 11.5 Å². The molecule has 2 N–H and O–H groups in total. The fraction of sp³-hybridized carbons (Fsp3) is 0.300. The number of benzene rings is 3. The van der Waals surface area contributed by atoms with Crippen molar-refractivity contribution in [2.24, 2.45) is 5.10 Å². The van der Waals surface area contributed by atoms with Crippen molar-refractivity contribution < 1.29 is 32.2 Å². The predicted octanol–water partition coefficient (Wildman–Crippen LogP) is 6.05. The number of ether oxygens (including phenoxy) is 2. The Balaban J connectivity index is 1.19. The van der Waals surface area contributed by atoms with Gasteiger partial charge in [-0.15, -0.1) is 0 Å². The molecule has 3 aromatic carbocycles. The SMILES string of the molecule is O=C(Nc1ccc(NC(=O)[C@@H]2CCCN2/N=C/c2ccc(OC(F)F)c(OC3CCC3)c2)cc1)c1ccc(F)cc1. The third-order valence-corrected chi connectivity index (χ3v) is 6.93. The van der Waals surface area contributed by atoms with E-state index in [1.165, 1.54) is 30.3 Å². The van der Waals surface area contributed by atoms with Crippen LogP contribution in [0.4, 0.5) is 24.5 Å². The Morgan fingerprint density at radius 1 is 0.902 bits per heavy atom. The number of hydrogen-bond acceptors (Lipinski definition) is 6. The second-order valence-electron chi connectivity index (χ2n) is 9.85. The van der Waals surface area contributed by atoms with Gasteiger partial charge in [-0.3, -0.25) is 14.6 Å². The molecule has 0 unspecified atom stereocenters. The zero-order valence-corrected chi connectivity index (χ0v) is 22.1. The highest BCUT2D eigenvalue weighted by atomic mass is 19.3. The number of nitrogens with zero attached hydrogens (tertiary/aromatic N) is 2. The van der Waals surface area contributed by atoms with Gasteiger partial charge < -0.3 is 20.1 Å². The number of rotatable bonds is 10. The normalized spacial score (nSPS) is 17.0. The molecule has 1 aliphatic carbocycles. The number of carbonyl (C=O) groups is 2. The number of alkyl halides is 2. The van der Waals surface area contributed by atoms with Gasteiger partial charge in [0, 0.05) is 23.5 Å². The van der Waals surface area contributed by atoms with Gasteiger partial charge in [-0.25, -0.2) is 4.39 Å². The minimum absolute atomic E-state index is 0.0194. The molecule has 0 aromatic heterocycles. The number of anilines is 2. The third kappa shape index (κ3) is 7.36. The topological polar surface area (TPSA) is 92.3 Å². The highest BCUT2D eigenvalue weighted by molar-refractivity contribution is 6.04. The van der Waals surface area contributed by atoms with Gasteiger partial charge in [0.1, 0.15) is 11.9 Å². The zero-order valence-electron chi connectivity index (χ0n) is 22.1. The van der Waals surface area contributed by atoms with E-state index in [2.05, 4.69) is 20.5 Å². The van der Waals surface area contributed by atoms with E-state index in [1.807, 2.05) is 0 Å². The Morgan fingerprint density at radius 3 is 2.27 bits per heavy atom. The fourth-order valence-corrected chi connectivity index (χ4v) is 4.52. The zero-order chi connectivity index (χ0) is 28.8. The van der Waals surface area contributed by atoms with Crippen LogP contribution in [0, 0.1) is 5.82 Å². The number of halogens is 3. The molecular weight excluding hydrogens is 537 g/mol. The number of nitrogens with one attached hydrogen (secondary N) is 2. The molecule has 0 spiro atoms. The molecular formula is C30H29F3N4O4. The standard InChI is InChI=1S/C30H29F3N4O4/c31-21-9-7-20(8-10-21)28(38)35-22-11-13-23(14-12-22)36-29(39)25-5-2-16-37(25)34-18-19-6-15-26(41-30(32)33)27(17-19)40-24-3-1-4-24/h6-15,17-18,24-25,30H,1-5,16H2,(H,35,38)(H,36,39)/b34-18+/t25-/m0/s1. The molecule has 11 heteroatoms. The largest absolute Gasteiger partial charge is 0.487 e. The molecule has 2 fully saturated rings. The summed E-state index contributed by atoms with van der Waals surface area (Å²) < 4.78 is 49.2. The quantitative estimate of drug-likeness (QED) is 0.292. The first kappa shape index (κ1) is 28.0. The summed E-state index contributed by atoms with van der Waals surface area (Å²) in [7, 11) is 0. The van der Waals surface area contributed by atoms with E-state index in [-0.39, 0.29) is 29.4 Å². The highest BCUT2D eigenvalue weighted by Crippen LogP contribution is 2.34. The van der Waals surface area contributed by atoms with E-state index in [1.54, 1.807) is 47.6 Å². The van der Waals surface area contributed by atoms with Gasteiger partial charge in [-0.05, 0) is 104 Å². The van der Waals surface area contributed by atoms with Crippen molar-refractivity contribution in [1.29, 1.82) is 0 Å². The molecule has 1 heterocycles. The smallest absolute Gasteiger partial charge is 0.387 e. The lowest BCUT2D eigenvalue weighted by molar-refractivity contribution is -0.120. The lowest BCUT2D eigenvalue weighted by Gasteiger charge is -2.27. The van der Waals surface area contributed by atoms with Crippen LogP contribution >= 0.6 is 0 Å². The maximum Gasteiger partial charge on any atom is 0.387 e. The molecule has 2 aliphatic rings. The van der Waals surface area contributed by atoms with E-state index < -0.39 is 18.5 Å². The van der Waals surface area contributed by atoms with Crippen molar-refractivity contribution in [1.82, 2.24) is 5.01 Å². The summed E-state index contributed by atoms with van der Waals surface area (Å²) in [5, 5.41) is 11.8. The molecule has 3 aromatic rings. The van der Waals surface area contributed by atoms with Crippen molar-refractivity contribution in [3.05, 3.63) is 83.7 Å². The maximum atomic E-state index is 13.1. The van der Waals surface area contributed by atoms with Gasteiger partial charge in [-0.2, -0.15) is 13.9 Å². The lowest BCUT2D eigenvalue weighted by atomic mass is 9.96. The second kappa shape index (κ2) is 12.8. The van der Waals surface area contributed by atoms with E-state index >= 15 is 0 Å². The molecule has 1 saturated heterocycles. The van der Waals surface area contributed by atoms with Crippen LogP contribution in [0.25, 0.3) is 0 Å². The number of amides is 2. The summed E-state index contributed by atoms with van der Waals surface area (Å²) in [6.07, 6.45) is 5.72. The molecule has 41 heavy (non-hydrogen) atoms. The van der Waals surface area contributed by atoms with E-state index in [9.17, 15) is 22.8 Å². The number of hydrogen-bond donors (Lipinski definition) is 2. The second-order valence-corrected chi connectivity index (χ2v) is 9.85. The van der Waals surface area contributed by atoms with Crippen LogP contribution in [-0.4, -0.2) is 48.3 Å². The summed E-state index contributed by atoms with van der Waals surface area (Å²) >= 11 is 0. The molecule has 5 rings (SSSR count). The summed E-state index contributed by atoms with van der Waals surface area (Å²) in [5.41, 5.74) is 2.03. The van der Waals surface area contributed by atoms with Crippen molar-refractivity contribution >= 4 is 29.4 Å². The van der Waals surface area contributed by atoms with Crippen molar-refractivity contribution in [3.8, 4) is 11.5 Å². The first-order chi connectivity index (χ1) is 19.8. The van der Waals surface area contributed by atoms with Crippen LogP contribution in [0.2, 0.25) is 0 Å². The van der Waals surface area contributed by atoms with Crippen LogP contribution in [0.1, 0.15) is 48.0 Å². The Morgan fingerprint density at radius 2 is 1.61 bits per heavy atom. The summed E-state index contributed by atoms with van der Waals surface area (Å²) in [6, 6.07) is 16.1. The van der Waals surface area contributed by atoms with Gasteiger partial charge in [0.05, 0.1) is 12.3 Å². The molecule has 1 saturated carbocycles. The Hall–Kier alpha value is -4.54. The summed E-state index contributed by atoms with van der Waals surface area (Å²) in [4.78, 5) is 25.4. The molecule has 214 valence electrons. The van der Waals surface area contributed by atoms with Gasteiger partial charge in [-0.1, -0.05) is 0 Å². The average Bonchev–Trinajstić information content (AvgIpc) is 3.41. The Labute approximate surface area is 235 Å². The Kier molecular flexibility index (Phi) is 8.71. The van der Waals surface area contributed by atoms with Gasteiger partial charge in [0.25, 0.3) is 5.91 Å². The van der Waals surface area contributed by atoms with Gasteiger partial charge >= 0.3 is 6.61 Å².